The molecule has 1 aliphatic heterocycles. The first-order valence-electron chi connectivity index (χ1n) is 9.05. The number of amides is 1. The molecular weight excluding hydrogens is 418 g/mol. The van der Waals surface area contributed by atoms with E-state index in [0.29, 0.717) is 11.3 Å². The van der Waals surface area contributed by atoms with Crippen molar-refractivity contribution in [2.45, 2.75) is 13.1 Å². The zero-order valence-electron chi connectivity index (χ0n) is 16.0. The molecule has 0 radical (unpaired) electrons. The van der Waals surface area contributed by atoms with Crippen molar-refractivity contribution in [3.05, 3.63) is 81.4 Å². The standard InChI is InChI=1S/C21H15F4N3O3/c1-11-8-13(22)3-5-15(11)27-10-28(16-6-7-18(29)26-19(16)30)20(31)14-4-2-12(9-17(14)27)21(23,24)25/h2-9H,10H2,1H3,(H2,26,29,30). The topological polar surface area (TPSA) is 76.6 Å². The van der Waals surface area contributed by atoms with Crippen LogP contribution in [0.4, 0.5) is 34.6 Å². The Kier molecular flexibility index (Phi) is 4.72. The number of nitrogens with one attached hydrogen (secondary N) is 1. The fourth-order valence-electron chi connectivity index (χ4n) is 3.53. The largest absolute Gasteiger partial charge is 0.493 e. The number of benzene rings is 2. The van der Waals surface area contributed by atoms with Gasteiger partial charge in [-0.3, -0.25) is 19.5 Å². The van der Waals surface area contributed by atoms with Gasteiger partial charge in [0.15, 0.2) is 0 Å². The lowest BCUT2D eigenvalue weighted by molar-refractivity contribution is -0.137. The highest BCUT2D eigenvalue weighted by molar-refractivity contribution is 6.13. The molecule has 0 fully saturated rings. The first-order chi connectivity index (χ1) is 14.6. The van der Waals surface area contributed by atoms with E-state index >= 15 is 0 Å². The zero-order chi connectivity index (χ0) is 22.5. The molecule has 0 spiro atoms. The predicted octanol–water partition coefficient (Wildman–Crippen LogP) is 4.30. The highest BCUT2D eigenvalue weighted by atomic mass is 19.4. The number of hydrogen-bond donors (Lipinski definition) is 2. The van der Waals surface area contributed by atoms with E-state index in [1.165, 1.54) is 23.1 Å². The Morgan fingerprint density at radius 2 is 1.65 bits per heavy atom. The number of aromatic hydroxyl groups is 1. The second-order valence-electron chi connectivity index (χ2n) is 7.02. The summed E-state index contributed by atoms with van der Waals surface area (Å²) in [6, 6.07) is 8.84. The van der Waals surface area contributed by atoms with E-state index in [9.17, 15) is 32.3 Å². The number of aromatic nitrogens is 1. The molecule has 2 heterocycles. The number of fused-ring (bicyclic) bond motifs is 1. The van der Waals surface area contributed by atoms with Crippen LogP contribution in [-0.2, 0) is 6.18 Å². The van der Waals surface area contributed by atoms with Crippen molar-refractivity contribution < 1.29 is 27.5 Å². The van der Waals surface area contributed by atoms with E-state index in [4.69, 9.17) is 0 Å². The highest BCUT2D eigenvalue weighted by Crippen LogP contribution is 2.41. The molecule has 2 aromatic carbocycles. The molecule has 6 nitrogen and oxygen atoms in total. The fourth-order valence-corrected chi connectivity index (χ4v) is 3.53. The van der Waals surface area contributed by atoms with Crippen LogP contribution >= 0.6 is 0 Å². The molecule has 1 amide bonds. The van der Waals surface area contributed by atoms with E-state index in [-0.39, 0.29) is 23.6 Å². The maximum atomic E-state index is 13.6. The van der Waals surface area contributed by atoms with Crippen molar-refractivity contribution in [3.63, 3.8) is 0 Å². The van der Waals surface area contributed by atoms with Crippen molar-refractivity contribution in [3.8, 4) is 5.88 Å². The van der Waals surface area contributed by atoms with Gasteiger partial charge in [-0.05, 0) is 55.0 Å². The Balaban J connectivity index is 1.93. The smallest absolute Gasteiger partial charge is 0.416 e. The lowest BCUT2D eigenvalue weighted by atomic mass is 10.0. The number of pyridine rings is 1. The van der Waals surface area contributed by atoms with Crippen LogP contribution in [0.1, 0.15) is 21.5 Å². The van der Waals surface area contributed by atoms with Gasteiger partial charge < -0.3 is 10.0 Å². The second-order valence-corrected chi connectivity index (χ2v) is 7.02. The zero-order valence-corrected chi connectivity index (χ0v) is 16.0. The van der Waals surface area contributed by atoms with Crippen molar-refractivity contribution >= 4 is 23.0 Å². The first-order valence-corrected chi connectivity index (χ1v) is 9.05. The van der Waals surface area contributed by atoms with Crippen LogP contribution < -0.4 is 15.4 Å². The van der Waals surface area contributed by atoms with Gasteiger partial charge in [0.2, 0.25) is 5.88 Å². The molecule has 0 unspecified atom stereocenters. The van der Waals surface area contributed by atoms with E-state index in [1.807, 2.05) is 0 Å². The van der Waals surface area contributed by atoms with Gasteiger partial charge >= 0.3 is 6.18 Å². The van der Waals surface area contributed by atoms with Gasteiger partial charge in [-0.15, -0.1) is 0 Å². The molecule has 1 aromatic heterocycles. The molecule has 0 bridgehead atoms. The summed E-state index contributed by atoms with van der Waals surface area (Å²) in [5.74, 6) is -1.75. The molecule has 10 heteroatoms. The van der Waals surface area contributed by atoms with Crippen molar-refractivity contribution in [2.75, 3.05) is 16.5 Å². The second kappa shape index (κ2) is 7.15. The van der Waals surface area contributed by atoms with E-state index < -0.39 is 34.9 Å². The molecule has 4 rings (SSSR count). The van der Waals surface area contributed by atoms with Gasteiger partial charge in [-0.25, -0.2) is 4.39 Å². The Labute approximate surface area is 173 Å². The summed E-state index contributed by atoms with van der Waals surface area (Å²) in [5, 5.41) is 10.1. The summed E-state index contributed by atoms with van der Waals surface area (Å²) in [4.78, 5) is 29.2. The number of alkyl halides is 3. The van der Waals surface area contributed by atoms with E-state index in [0.717, 1.165) is 35.2 Å². The number of carbonyl (C=O) groups excluding carboxylic acids is 1. The average molecular weight is 433 g/mol. The van der Waals surface area contributed by atoms with Gasteiger partial charge in [0.1, 0.15) is 18.2 Å². The number of hydrogen-bond acceptors (Lipinski definition) is 4. The molecule has 0 atom stereocenters. The van der Waals surface area contributed by atoms with Crippen LogP contribution in [-0.4, -0.2) is 22.7 Å². The lowest BCUT2D eigenvalue weighted by Crippen LogP contribution is -2.45. The summed E-state index contributed by atoms with van der Waals surface area (Å²) in [5.41, 5.74) is -0.800. The van der Waals surface area contributed by atoms with E-state index in [2.05, 4.69) is 4.98 Å². The summed E-state index contributed by atoms with van der Waals surface area (Å²) < 4.78 is 53.6. The van der Waals surface area contributed by atoms with Crippen molar-refractivity contribution in [1.29, 1.82) is 0 Å². The Hall–Kier alpha value is -3.82. The highest BCUT2D eigenvalue weighted by Gasteiger charge is 2.37. The van der Waals surface area contributed by atoms with Gasteiger partial charge in [0, 0.05) is 11.8 Å². The molecule has 0 saturated carbocycles. The van der Waals surface area contributed by atoms with Gasteiger partial charge in [0.25, 0.3) is 11.5 Å². The normalized spacial score (nSPS) is 14.0. The Morgan fingerprint density at radius 1 is 0.935 bits per heavy atom. The number of nitrogens with zero attached hydrogens (tertiary/aromatic N) is 2. The van der Waals surface area contributed by atoms with Crippen LogP contribution in [0.2, 0.25) is 0 Å². The molecule has 31 heavy (non-hydrogen) atoms. The molecule has 160 valence electrons. The maximum Gasteiger partial charge on any atom is 0.416 e. The Bertz CT molecular complexity index is 1250. The quantitative estimate of drug-likeness (QED) is 0.591. The van der Waals surface area contributed by atoms with Gasteiger partial charge in [-0.1, -0.05) is 0 Å². The first kappa shape index (κ1) is 20.5. The number of halogens is 4. The lowest BCUT2D eigenvalue weighted by Gasteiger charge is -2.39. The monoisotopic (exact) mass is 433 g/mol. The summed E-state index contributed by atoms with van der Waals surface area (Å²) in [7, 11) is 0. The van der Waals surface area contributed by atoms with Gasteiger partial charge in [-0.2, -0.15) is 13.2 Å². The number of H-pyrrole nitrogens is 1. The SMILES string of the molecule is Cc1cc(F)ccc1N1CN(c2ccc(=O)[nH]c2O)C(=O)c2ccc(C(F)(F)F)cc21. The average Bonchev–Trinajstić information content (AvgIpc) is 2.68. The molecular formula is C21H15F4N3O3. The summed E-state index contributed by atoms with van der Waals surface area (Å²) >= 11 is 0. The number of aryl methyl sites for hydroxylation is 1. The van der Waals surface area contributed by atoms with Crippen LogP contribution in [0.25, 0.3) is 0 Å². The van der Waals surface area contributed by atoms with Gasteiger partial charge in [0.05, 0.1) is 16.8 Å². The minimum Gasteiger partial charge on any atom is -0.493 e. The predicted molar refractivity (Wildman–Crippen MR) is 105 cm³/mol. The molecule has 1 aliphatic rings. The number of aromatic amines is 1. The summed E-state index contributed by atoms with van der Waals surface area (Å²) in [6.07, 6.45) is -4.63. The van der Waals surface area contributed by atoms with Crippen molar-refractivity contribution in [1.82, 2.24) is 4.98 Å². The van der Waals surface area contributed by atoms with Crippen LogP contribution in [0, 0.1) is 12.7 Å². The number of rotatable bonds is 2. The Morgan fingerprint density at radius 3 is 2.29 bits per heavy atom. The maximum absolute atomic E-state index is 13.6. The molecule has 0 aliphatic carbocycles. The third kappa shape index (κ3) is 3.60. The van der Waals surface area contributed by atoms with Crippen LogP contribution in [0.5, 0.6) is 5.88 Å². The van der Waals surface area contributed by atoms with Crippen LogP contribution in [0.15, 0.2) is 53.3 Å². The third-order valence-electron chi connectivity index (χ3n) is 4.99. The molecule has 3 aromatic rings. The molecule has 0 saturated heterocycles. The number of carbonyl (C=O) groups is 1. The van der Waals surface area contributed by atoms with E-state index in [1.54, 1.807) is 6.92 Å². The van der Waals surface area contributed by atoms with Crippen molar-refractivity contribution in [2.24, 2.45) is 0 Å². The third-order valence-corrected chi connectivity index (χ3v) is 4.99. The minimum atomic E-state index is -4.63. The fraction of sp³-hybridized carbons (Fsp3) is 0.143. The summed E-state index contributed by atoms with van der Waals surface area (Å²) in [6.45, 7) is 1.31. The molecule has 2 N–H and O–H groups in total. The minimum absolute atomic E-state index is 0.00491. The van der Waals surface area contributed by atoms with Crippen LogP contribution in [0.3, 0.4) is 0 Å². The number of anilines is 3.